The molecule has 2 unspecified atom stereocenters. The number of aromatic nitrogens is 3. The molecule has 0 amide bonds. The lowest BCUT2D eigenvalue weighted by Crippen LogP contribution is -2.45. The Morgan fingerprint density at radius 2 is 2.59 bits per heavy atom. The maximum atomic E-state index is 5.43. The zero-order chi connectivity index (χ0) is 11.9. The molecule has 2 rings (SSSR count). The molecule has 1 saturated heterocycles. The fourth-order valence-corrected chi connectivity index (χ4v) is 2.06. The Hall–Kier alpha value is -0.980. The molecule has 2 N–H and O–H groups in total. The van der Waals surface area contributed by atoms with Gasteiger partial charge in [-0.1, -0.05) is 5.21 Å². The molecular weight excluding hydrogens is 218 g/mol. The van der Waals surface area contributed by atoms with Crippen molar-refractivity contribution in [2.45, 2.75) is 32.0 Å². The van der Waals surface area contributed by atoms with Crippen molar-refractivity contribution in [1.29, 1.82) is 0 Å². The number of ether oxygens (including phenoxy) is 1. The van der Waals surface area contributed by atoms with Crippen molar-refractivity contribution < 1.29 is 4.74 Å². The topological polar surface area (TPSA) is 64.0 Å². The van der Waals surface area contributed by atoms with Gasteiger partial charge < -0.3 is 15.4 Å². The van der Waals surface area contributed by atoms with E-state index in [2.05, 4.69) is 27.9 Å². The van der Waals surface area contributed by atoms with E-state index < -0.39 is 0 Å². The second-order valence-electron chi connectivity index (χ2n) is 4.48. The molecule has 1 aromatic heterocycles. The molecule has 1 aliphatic rings. The van der Waals surface area contributed by atoms with Gasteiger partial charge in [0.1, 0.15) is 0 Å². The van der Waals surface area contributed by atoms with Crippen LogP contribution < -0.4 is 10.6 Å². The Balaban J connectivity index is 1.58. The second kappa shape index (κ2) is 6.68. The molecule has 6 heteroatoms. The summed E-state index contributed by atoms with van der Waals surface area (Å²) in [6, 6.07) is 0.968. The van der Waals surface area contributed by atoms with E-state index in [4.69, 9.17) is 4.74 Å². The summed E-state index contributed by atoms with van der Waals surface area (Å²) in [6.07, 6.45) is 4.67. The van der Waals surface area contributed by atoms with Gasteiger partial charge in [0.2, 0.25) is 0 Å². The van der Waals surface area contributed by atoms with E-state index in [1.807, 2.05) is 10.9 Å². The molecule has 2 heterocycles. The molecule has 2 atom stereocenters. The molecule has 0 radical (unpaired) electrons. The summed E-state index contributed by atoms with van der Waals surface area (Å²) in [5.74, 6) is 0. The highest BCUT2D eigenvalue weighted by Crippen LogP contribution is 2.02. The number of morpholine rings is 1. The average Bonchev–Trinajstić information content (AvgIpc) is 2.83. The highest BCUT2D eigenvalue weighted by atomic mass is 16.5. The maximum absolute atomic E-state index is 5.43. The number of rotatable bonds is 6. The fraction of sp³-hybridized carbons (Fsp3) is 0.818. The summed E-state index contributed by atoms with van der Waals surface area (Å²) < 4.78 is 7.27. The third kappa shape index (κ3) is 4.41. The molecule has 0 saturated carbocycles. The molecule has 1 fully saturated rings. The van der Waals surface area contributed by atoms with Gasteiger partial charge in [0.15, 0.2) is 0 Å². The van der Waals surface area contributed by atoms with Crippen LogP contribution in [0.15, 0.2) is 12.4 Å². The number of hydrogen-bond acceptors (Lipinski definition) is 5. The van der Waals surface area contributed by atoms with E-state index in [0.29, 0.717) is 12.1 Å². The van der Waals surface area contributed by atoms with Crippen molar-refractivity contribution in [3.63, 3.8) is 0 Å². The highest BCUT2D eigenvalue weighted by molar-refractivity contribution is 4.75. The van der Waals surface area contributed by atoms with Crippen LogP contribution in [-0.2, 0) is 11.3 Å². The Bertz CT molecular complexity index is 297. The lowest BCUT2D eigenvalue weighted by atomic mass is 10.1. The Labute approximate surface area is 102 Å². The van der Waals surface area contributed by atoms with E-state index in [-0.39, 0.29) is 0 Å². The minimum absolute atomic E-state index is 0.484. The zero-order valence-electron chi connectivity index (χ0n) is 10.3. The molecule has 0 aromatic carbocycles. The van der Waals surface area contributed by atoms with Gasteiger partial charge >= 0.3 is 0 Å². The Kier molecular flexibility index (Phi) is 4.90. The van der Waals surface area contributed by atoms with Crippen LogP contribution in [0.25, 0.3) is 0 Å². The minimum atomic E-state index is 0.484. The van der Waals surface area contributed by atoms with Crippen molar-refractivity contribution in [1.82, 2.24) is 25.6 Å². The van der Waals surface area contributed by atoms with E-state index in [1.165, 1.54) is 0 Å². The number of hydrogen-bond donors (Lipinski definition) is 2. The fourth-order valence-electron chi connectivity index (χ4n) is 2.06. The van der Waals surface area contributed by atoms with Crippen LogP contribution in [0.2, 0.25) is 0 Å². The van der Waals surface area contributed by atoms with Gasteiger partial charge in [0.05, 0.1) is 26.0 Å². The molecule has 17 heavy (non-hydrogen) atoms. The summed E-state index contributed by atoms with van der Waals surface area (Å²) in [5.41, 5.74) is 0. The van der Waals surface area contributed by atoms with Crippen LogP contribution in [0.3, 0.4) is 0 Å². The molecule has 96 valence electrons. The van der Waals surface area contributed by atoms with Crippen LogP contribution >= 0.6 is 0 Å². The van der Waals surface area contributed by atoms with Gasteiger partial charge in [-0.15, -0.1) is 5.10 Å². The van der Waals surface area contributed by atoms with Crippen LogP contribution in [0.5, 0.6) is 0 Å². The van der Waals surface area contributed by atoms with E-state index in [1.54, 1.807) is 6.20 Å². The zero-order valence-corrected chi connectivity index (χ0v) is 10.3. The summed E-state index contributed by atoms with van der Waals surface area (Å²) in [6.45, 7) is 6.62. The lowest BCUT2D eigenvalue weighted by Gasteiger charge is -2.26. The molecular formula is C11H21N5O. The SMILES string of the molecule is CC(CC1COCCN1)NCCn1ccnn1. The first-order chi connectivity index (χ1) is 8.34. The molecule has 0 spiro atoms. The van der Waals surface area contributed by atoms with E-state index in [0.717, 1.165) is 39.3 Å². The van der Waals surface area contributed by atoms with Gasteiger partial charge in [0, 0.05) is 31.4 Å². The summed E-state index contributed by atoms with van der Waals surface area (Å²) in [4.78, 5) is 0. The smallest absolute Gasteiger partial charge is 0.0692 e. The monoisotopic (exact) mass is 239 g/mol. The highest BCUT2D eigenvalue weighted by Gasteiger charge is 2.15. The normalized spacial score (nSPS) is 22.5. The van der Waals surface area contributed by atoms with Crippen LogP contribution in [0.1, 0.15) is 13.3 Å². The van der Waals surface area contributed by atoms with Gasteiger partial charge in [-0.05, 0) is 13.3 Å². The molecule has 1 aromatic rings. The first-order valence-corrected chi connectivity index (χ1v) is 6.23. The van der Waals surface area contributed by atoms with Crippen molar-refractivity contribution >= 4 is 0 Å². The van der Waals surface area contributed by atoms with Crippen LogP contribution in [0, 0.1) is 0 Å². The first-order valence-electron chi connectivity index (χ1n) is 6.23. The predicted octanol–water partition coefficient (Wildman–Crippen LogP) is -0.365. The van der Waals surface area contributed by atoms with Gasteiger partial charge in [0.25, 0.3) is 0 Å². The van der Waals surface area contributed by atoms with Crippen molar-refractivity contribution in [3.8, 4) is 0 Å². The summed E-state index contributed by atoms with van der Waals surface area (Å²) in [7, 11) is 0. The summed E-state index contributed by atoms with van der Waals surface area (Å²) >= 11 is 0. The third-order valence-corrected chi connectivity index (χ3v) is 2.94. The second-order valence-corrected chi connectivity index (χ2v) is 4.48. The van der Waals surface area contributed by atoms with Crippen LogP contribution in [-0.4, -0.2) is 53.4 Å². The standard InChI is InChI=1S/C11H21N5O/c1-10(8-11-9-17-7-4-13-11)12-2-5-16-6-3-14-15-16/h3,6,10-13H,2,4-5,7-9H2,1H3. The quantitative estimate of drug-likeness (QED) is 0.709. The lowest BCUT2D eigenvalue weighted by molar-refractivity contribution is 0.0712. The number of nitrogens with one attached hydrogen (secondary N) is 2. The van der Waals surface area contributed by atoms with Crippen molar-refractivity contribution in [2.75, 3.05) is 26.3 Å². The largest absolute Gasteiger partial charge is 0.379 e. The summed E-state index contributed by atoms with van der Waals surface area (Å²) in [5, 5.41) is 14.6. The molecule has 1 aliphatic heterocycles. The van der Waals surface area contributed by atoms with Crippen molar-refractivity contribution in [3.05, 3.63) is 12.4 Å². The molecule has 0 bridgehead atoms. The minimum Gasteiger partial charge on any atom is -0.379 e. The molecule has 0 aliphatic carbocycles. The average molecular weight is 239 g/mol. The molecule has 6 nitrogen and oxygen atoms in total. The van der Waals surface area contributed by atoms with Crippen molar-refractivity contribution in [2.24, 2.45) is 0 Å². The van der Waals surface area contributed by atoms with Gasteiger partial charge in [-0.3, -0.25) is 4.68 Å². The van der Waals surface area contributed by atoms with Gasteiger partial charge in [-0.25, -0.2) is 0 Å². The Morgan fingerprint density at radius 3 is 3.29 bits per heavy atom. The van der Waals surface area contributed by atoms with Gasteiger partial charge in [-0.2, -0.15) is 0 Å². The van der Waals surface area contributed by atoms with Crippen LogP contribution in [0.4, 0.5) is 0 Å². The Morgan fingerprint density at radius 1 is 1.65 bits per heavy atom. The first kappa shape index (κ1) is 12.5. The maximum Gasteiger partial charge on any atom is 0.0692 e. The number of nitrogens with zero attached hydrogens (tertiary/aromatic N) is 3. The van der Waals surface area contributed by atoms with E-state index in [9.17, 15) is 0 Å². The predicted molar refractivity (Wildman–Crippen MR) is 64.7 cm³/mol. The van der Waals surface area contributed by atoms with E-state index >= 15 is 0 Å². The third-order valence-electron chi connectivity index (χ3n) is 2.94.